The van der Waals surface area contributed by atoms with E-state index in [1.165, 1.54) is 17.7 Å². The minimum atomic E-state index is -0.706. The molecule has 1 atom stereocenters. The molecule has 0 aromatic heterocycles. The van der Waals surface area contributed by atoms with Crippen LogP contribution in [0, 0.1) is 5.82 Å². The van der Waals surface area contributed by atoms with Crippen LogP contribution in [-0.4, -0.2) is 37.4 Å². The highest BCUT2D eigenvalue weighted by Crippen LogP contribution is 2.43. The van der Waals surface area contributed by atoms with Gasteiger partial charge < -0.3 is 14.6 Å². The van der Waals surface area contributed by atoms with E-state index in [4.69, 9.17) is 0 Å². The van der Waals surface area contributed by atoms with Gasteiger partial charge in [-0.3, -0.25) is 0 Å². The minimum Gasteiger partial charge on any atom is -0.372 e. The van der Waals surface area contributed by atoms with E-state index in [9.17, 15) is 9.18 Å². The molecule has 0 N–H and O–H groups in total. The standard InChI is InChI=1S/C17H19FN2O/c1-19-10-4-5-13-8-9-17(12-21,16(13)19)20(2)15-7-3-6-14(18)11-15/h3-7,11-12H,8-10H2,1-2H3. The van der Waals surface area contributed by atoms with Gasteiger partial charge >= 0.3 is 0 Å². The second-order valence-electron chi connectivity index (χ2n) is 5.74. The average molecular weight is 286 g/mol. The zero-order valence-electron chi connectivity index (χ0n) is 12.3. The van der Waals surface area contributed by atoms with Crippen molar-refractivity contribution in [1.82, 2.24) is 4.90 Å². The average Bonchev–Trinajstić information content (AvgIpc) is 2.88. The van der Waals surface area contributed by atoms with Crippen molar-refractivity contribution < 1.29 is 9.18 Å². The molecule has 3 nitrogen and oxygen atoms in total. The molecule has 3 rings (SSSR count). The number of aldehydes is 1. The van der Waals surface area contributed by atoms with Crippen LogP contribution < -0.4 is 4.90 Å². The van der Waals surface area contributed by atoms with Crippen LogP contribution in [0.5, 0.6) is 0 Å². The molecular formula is C17H19FN2O. The molecule has 0 saturated heterocycles. The molecule has 1 aliphatic heterocycles. The molecule has 0 bridgehead atoms. The monoisotopic (exact) mass is 286 g/mol. The lowest BCUT2D eigenvalue weighted by Gasteiger charge is -2.42. The summed E-state index contributed by atoms with van der Waals surface area (Å²) in [7, 11) is 3.87. The van der Waals surface area contributed by atoms with Gasteiger partial charge in [0.1, 0.15) is 11.4 Å². The van der Waals surface area contributed by atoms with E-state index in [-0.39, 0.29) is 5.82 Å². The van der Waals surface area contributed by atoms with Gasteiger partial charge in [-0.05, 0) is 36.6 Å². The lowest BCUT2D eigenvalue weighted by molar-refractivity contribution is -0.111. The molecule has 21 heavy (non-hydrogen) atoms. The quantitative estimate of drug-likeness (QED) is 0.798. The van der Waals surface area contributed by atoms with Gasteiger partial charge in [-0.15, -0.1) is 0 Å². The molecule has 0 amide bonds. The van der Waals surface area contributed by atoms with Gasteiger partial charge in [0, 0.05) is 26.3 Å². The van der Waals surface area contributed by atoms with E-state index in [2.05, 4.69) is 17.1 Å². The molecular weight excluding hydrogens is 267 g/mol. The molecule has 0 saturated carbocycles. The number of rotatable bonds is 3. The third-order valence-electron chi connectivity index (χ3n) is 4.56. The van der Waals surface area contributed by atoms with Gasteiger partial charge in [0.15, 0.2) is 6.29 Å². The van der Waals surface area contributed by atoms with Crippen LogP contribution in [0.2, 0.25) is 0 Å². The van der Waals surface area contributed by atoms with E-state index < -0.39 is 5.54 Å². The van der Waals surface area contributed by atoms with Crippen molar-refractivity contribution in [3.63, 3.8) is 0 Å². The topological polar surface area (TPSA) is 23.6 Å². The zero-order valence-corrected chi connectivity index (χ0v) is 12.3. The van der Waals surface area contributed by atoms with Crippen LogP contribution >= 0.6 is 0 Å². The summed E-state index contributed by atoms with van der Waals surface area (Å²) in [4.78, 5) is 16.0. The Balaban J connectivity index is 2.07. The first-order chi connectivity index (χ1) is 10.1. The Morgan fingerprint density at radius 1 is 1.43 bits per heavy atom. The van der Waals surface area contributed by atoms with Crippen molar-refractivity contribution in [3.8, 4) is 0 Å². The number of hydrogen-bond donors (Lipinski definition) is 0. The van der Waals surface area contributed by atoms with Crippen molar-refractivity contribution in [2.45, 2.75) is 18.4 Å². The first-order valence-electron chi connectivity index (χ1n) is 7.15. The van der Waals surface area contributed by atoms with Gasteiger partial charge in [0.25, 0.3) is 0 Å². The summed E-state index contributed by atoms with van der Waals surface area (Å²) >= 11 is 0. The lowest BCUT2D eigenvalue weighted by atomic mass is 9.93. The maximum atomic E-state index is 13.5. The molecule has 1 aromatic rings. The highest BCUT2D eigenvalue weighted by atomic mass is 19.1. The Hall–Kier alpha value is -2.10. The van der Waals surface area contributed by atoms with E-state index in [1.54, 1.807) is 6.07 Å². The normalized spacial score (nSPS) is 24.2. The van der Waals surface area contributed by atoms with Crippen molar-refractivity contribution in [1.29, 1.82) is 0 Å². The fourth-order valence-electron chi connectivity index (χ4n) is 3.46. The first kappa shape index (κ1) is 13.9. The number of anilines is 1. The second kappa shape index (κ2) is 5.02. The van der Waals surface area contributed by atoms with Gasteiger partial charge in [-0.2, -0.15) is 0 Å². The smallest absolute Gasteiger partial charge is 0.151 e. The summed E-state index contributed by atoms with van der Waals surface area (Å²) in [6.45, 7) is 0.797. The van der Waals surface area contributed by atoms with E-state index >= 15 is 0 Å². The van der Waals surface area contributed by atoms with Crippen LogP contribution in [0.25, 0.3) is 0 Å². The number of benzene rings is 1. The largest absolute Gasteiger partial charge is 0.372 e. The Bertz CT molecular complexity index is 637. The highest BCUT2D eigenvalue weighted by molar-refractivity contribution is 5.80. The zero-order chi connectivity index (χ0) is 15.0. The predicted molar refractivity (Wildman–Crippen MR) is 81.6 cm³/mol. The van der Waals surface area contributed by atoms with Crippen molar-refractivity contribution in [2.24, 2.45) is 0 Å². The maximum Gasteiger partial charge on any atom is 0.151 e. The Kier molecular flexibility index (Phi) is 3.32. The molecule has 0 spiro atoms. The summed E-state index contributed by atoms with van der Waals surface area (Å²) in [5.74, 6) is -0.288. The molecule has 0 radical (unpaired) electrons. The van der Waals surface area contributed by atoms with Crippen LogP contribution in [0.3, 0.4) is 0 Å². The predicted octanol–water partition coefficient (Wildman–Crippen LogP) is 2.75. The Morgan fingerprint density at radius 3 is 2.95 bits per heavy atom. The number of hydrogen-bond acceptors (Lipinski definition) is 3. The van der Waals surface area contributed by atoms with E-state index in [1.807, 2.05) is 25.1 Å². The van der Waals surface area contributed by atoms with Gasteiger partial charge in [-0.1, -0.05) is 18.2 Å². The first-order valence-corrected chi connectivity index (χ1v) is 7.15. The summed E-state index contributed by atoms with van der Waals surface area (Å²) in [5, 5.41) is 0. The molecule has 1 heterocycles. The molecule has 2 aliphatic rings. The lowest BCUT2D eigenvalue weighted by Crippen LogP contribution is -2.52. The summed E-state index contributed by atoms with van der Waals surface area (Å²) in [5.41, 5.74) is 2.27. The third kappa shape index (κ3) is 2.06. The Labute approximate surface area is 124 Å². The van der Waals surface area contributed by atoms with Crippen LogP contribution in [-0.2, 0) is 4.79 Å². The molecule has 110 valence electrons. The number of halogens is 1. The van der Waals surface area contributed by atoms with Crippen LogP contribution in [0.4, 0.5) is 10.1 Å². The van der Waals surface area contributed by atoms with Crippen molar-refractivity contribution in [2.75, 3.05) is 25.5 Å². The molecule has 1 aromatic carbocycles. The summed E-state index contributed by atoms with van der Waals surface area (Å²) in [6, 6.07) is 6.40. The molecule has 1 aliphatic carbocycles. The van der Waals surface area contributed by atoms with Crippen molar-refractivity contribution >= 4 is 12.0 Å². The van der Waals surface area contributed by atoms with Gasteiger partial charge in [-0.25, -0.2) is 4.39 Å². The number of carbonyl (C=O) groups excluding carboxylic acids is 1. The number of carbonyl (C=O) groups is 1. The Morgan fingerprint density at radius 2 is 2.24 bits per heavy atom. The summed E-state index contributed by atoms with van der Waals surface area (Å²) < 4.78 is 13.5. The number of nitrogens with zero attached hydrogens (tertiary/aromatic N) is 2. The fraction of sp³-hybridized carbons (Fsp3) is 0.353. The van der Waals surface area contributed by atoms with Gasteiger partial charge in [0.2, 0.25) is 0 Å². The highest BCUT2D eigenvalue weighted by Gasteiger charge is 2.46. The maximum absolute atomic E-state index is 13.5. The minimum absolute atomic E-state index is 0.288. The SMILES string of the molecule is CN1CC=CC2=C1C(C=O)(N(C)c1cccc(F)c1)CC2. The van der Waals surface area contributed by atoms with Crippen molar-refractivity contribution in [3.05, 3.63) is 53.5 Å². The summed E-state index contributed by atoms with van der Waals surface area (Å²) in [6.07, 6.45) is 6.83. The molecule has 4 heteroatoms. The van der Waals surface area contributed by atoms with Crippen LogP contribution in [0.1, 0.15) is 12.8 Å². The van der Waals surface area contributed by atoms with Crippen LogP contribution in [0.15, 0.2) is 47.7 Å². The number of likely N-dealkylation sites (N-methyl/N-ethyl adjacent to an activating group) is 2. The second-order valence-corrected chi connectivity index (χ2v) is 5.74. The van der Waals surface area contributed by atoms with Gasteiger partial charge in [0.05, 0.1) is 5.70 Å². The molecule has 0 fully saturated rings. The number of allylic oxidation sites excluding steroid dienone is 2. The fourth-order valence-corrected chi connectivity index (χ4v) is 3.46. The van der Waals surface area contributed by atoms with E-state index in [0.29, 0.717) is 0 Å². The molecule has 1 unspecified atom stereocenters. The third-order valence-corrected chi connectivity index (χ3v) is 4.56. The van der Waals surface area contributed by atoms with E-state index in [0.717, 1.165) is 37.1 Å².